The third-order valence-electron chi connectivity index (χ3n) is 3.87. The maximum atomic E-state index is 11.3. The largest absolute Gasteiger partial charge is 0.465 e. The summed E-state index contributed by atoms with van der Waals surface area (Å²) in [6.07, 6.45) is 4.51. The summed E-state index contributed by atoms with van der Waals surface area (Å²) in [6, 6.07) is 7.56. The fourth-order valence-corrected chi connectivity index (χ4v) is 3.00. The Hall–Kier alpha value is -1.00. The van der Waals surface area contributed by atoms with Crippen molar-refractivity contribution in [3.05, 3.63) is 35.4 Å². The normalized spacial score (nSPS) is 11.4. The Kier molecular flexibility index (Phi) is 7.10. The van der Waals surface area contributed by atoms with Crippen molar-refractivity contribution in [2.75, 3.05) is 19.9 Å². The Balaban J connectivity index is 2.52. The van der Waals surface area contributed by atoms with Crippen molar-refractivity contribution < 1.29 is 9.53 Å². The van der Waals surface area contributed by atoms with Crippen molar-refractivity contribution in [1.82, 2.24) is 5.32 Å². The Morgan fingerprint density at radius 1 is 1.25 bits per heavy atom. The highest BCUT2D eigenvalue weighted by Gasteiger charge is 2.23. The SMILES string of the molecule is CCC(CC)(CNCc1ccc(C(=O)OC)cc1)SC. The number of carbonyl (C=O) groups is 1. The average Bonchev–Trinajstić information content (AvgIpc) is 2.52. The Labute approximate surface area is 126 Å². The molecule has 1 aromatic rings. The van der Waals surface area contributed by atoms with Gasteiger partial charge in [0, 0.05) is 17.8 Å². The van der Waals surface area contributed by atoms with E-state index in [1.165, 1.54) is 25.5 Å². The quantitative estimate of drug-likeness (QED) is 0.745. The molecule has 0 bridgehead atoms. The number of hydrogen-bond acceptors (Lipinski definition) is 4. The van der Waals surface area contributed by atoms with Crippen LogP contribution >= 0.6 is 11.8 Å². The third kappa shape index (κ3) is 4.53. The molecule has 0 saturated heterocycles. The van der Waals surface area contributed by atoms with Crippen LogP contribution in [0.25, 0.3) is 0 Å². The Bertz CT molecular complexity index is 405. The monoisotopic (exact) mass is 295 g/mol. The number of benzene rings is 1. The predicted octanol–water partition coefficient (Wildman–Crippen LogP) is 3.48. The molecule has 112 valence electrons. The lowest BCUT2D eigenvalue weighted by Crippen LogP contribution is -2.36. The maximum absolute atomic E-state index is 11.3. The minimum Gasteiger partial charge on any atom is -0.465 e. The Morgan fingerprint density at radius 2 is 1.85 bits per heavy atom. The highest BCUT2D eigenvalue weighted by Crippen LogP contribution is 2.29. The number of ether oxygens (including phenoxy) is 1. The first-order chi connectivity index (χ1) is 9.60. The van der Waals surface area contributed by atoms with Crippen molar-refractivity contribution in [3.63, 3.8) is 0 Å². The van der Waals surface area contributed by atoms with Crippen LogP contribution < -0.4 is 5.32 Å². The molecule has 0 saturated carbocycles. The van der Waals surface area contributed by atoms with Crippen LogP contribution in [-0.2, 0) is 11.3 Å². The molecule has 0 radical (unpaired) electrons. The van der Waals surface area contributed by atoms with Crippen molar-refractivity contribution in [2.24, 2.45) is 0 Å². The van der Waals surface area contributed by atoms with E-state index in [0.717, 1.165) is 13.1 Å². The summed E-state index contributed by atoms with van der Waals surface area (Å²) >= 11 is 1.94. The third-order valence-corrected chi connectivity index (χ3v) is 5.46. The fourth-order valence-electron chi connectivity index (χ4n) is 2.17. The highest BCUT2D eigenvalue weighted by molar-refractivity contribution is 8.00. The summed E-state index contributed by atoms with van der Waals surface area (Å²) < 4.78 is 5.01. The lowest BCUT2D eigenvalue weighted by molar-refractivity contribution is 0.0600. The van der Waals surface area contributed by atoms with E-state index in [1.54, 1.807) is 0 Å². The van der Waals surface area contributed by atoms with Gasteiger partial charge in [0.05, 0.1) is 12.7 Å². The summed E-state index contributed by atoms with van der Waals surface area (Å²) in [4.78, 5) is 11.3. The molecule has 0 aliphatic rings. The molecular formula is C16H25NO2S. The van der Waals surface area contributed by atoms with Gasteiger partial charge in [0.15, 0.2) is 0 Å². The van der Waals surface area contributed by atoms with E-state index in [1.807, 2.05) is 36.0 Å². The van der Waals surface area contributed by atoms with E-state index >= 15 is 0 Å². The number of methoxy groups -OCH3 is 1. The summed E-state index contributed by atoms with van der Waals surface area (Å²) in [5, 5.41) is 3.52. The van der Waals surface area contributed by atoms with Crippen LogP contribution in [0.4, 0.5) is 0 Å². The van der Waals surface area contributed by atoms with Crippen LogP contribution in [0.15, 0.2) is 24.3 Å². The molecule has 3 nitrogen and oxygen atoms in total. The van der Waals surface area contributed by atoms with Gasteiger partial charge in [0.2, 0.25) is 0 Å². The van der Waals surface area contributed by atoms with Crippen LogP contribution in [0.3, 0.4) is 0 Å². The van der Waals surface area contributed by atoms with Gasteiger partial charge in [-0.1, -0.05) is 26.0 Å². The standard InChI is InChI=1S/C16H25NO2S/c1-5-16(6-2,20-4)12-17-11-13-7-9-14(10-8-13)15(18)19-3/h7-10,17H,5-6,11-12H2,1-4H3. The van der Waals surface area contributed by atoms with Gasteiger partial charge in [-0.25, -0.2) is 4.79 Å². The predicted molar refractivity (Wildman–Crippen MR) is 86.3 cm³/mol. The van der Waals surface area contributed by atoms with Crippen LogP contribution in [0.5, 0.6) is 0 Å². The van der Waals surface area contributed by atoms with Gasteiger partial charge >= 0.3 is 5.97 Å². The summed E-state index contributed by atoms with van der Waals surface area (Å²) in [6.45, 7) is 6.31. The molecular weight excluding hydrogens is 270 g/mol. The zero-order chi connectivity index (χ0) is 15.0. The highest BCUT2D eigenvalue weighted by atomic mass is 32.2. The molecule has 0 fully saturated rings. The molecule has 1 rings (SSSR count). The van der Waals surface area contributed by atoms with Crippen molar-refractivity contribution >= 4 is 17.7 Å². The molecule has 0 amide bonds. The molecule has 4 heteroatoms. The number of hydrogen-bond donors (Lipinski definition) is 1. The van der Waals surface area contributed by atoms with E-state index in [4.69, 9.17) is 0 Å². The topological polar surface area (TPSA) is 38.3 Å². The second kappa shape index (κ2) is 8.32. The van der Waals surface area contributed by atoms with Gasteiger partial charge in [0.1, 0.15) is 0 Å². The van der Waals surface area contributed by atoms with E-state index in [-0.39, 0.29) is 5.97 Å². The number of rotatable bonds is 8. The smallest absolute Gasteiger partial charge is 0.337 e. The van der Waals surface area contributed by atoms with Crippen LogP contribution in [0, 0.1) is 0 Å². The van der Waals surface area contributed by atoms with E-state index in [9.17, 15) is 4.79 Å². The zero-order valence-electron chi connectivity index (χ0n) is 12.9. The molecule has 20 heavy (non-hydrogen) atoms. The second-order valence-corrected chi connectivity index (χ2v) is 6.16. The van der Waals surface area contributed by atoms with Crippen LogP contribution in [-0.4, -0.2) is 30.6 Å². The summed E-state index contributed by atoms with van der Waals surface area (Å²) in [5.41, 5.74) is 1.77. The molecule has 0 aliphatic heterocycles. The van der Waals surface area contributed by atoms with E-state index in [0.29, 0.717) is 10.3 Å². The summed E-state index contributed by atoms with van der Waals surface area (Å²) in [5.74, 6) is -0.289. The zero-order valence-corrected chi connectivity index (χ0v) is 13.7. The van der Waals surface area contributed by atoms with Crippen molar-refractivity contribution in [2.45, 2.75) is 38.0 Å². The van der Waals surface area contributed by atoms with Gasteiger partial charge in [-0.3, -0.25) is 0 Å². The molecule has 0 heterocycles. The van der Waals surface area contributed by atoms with Crippen molar-refractivity contribution in [1.29, 1.82) is 0 Å². The molecule has 0 spiro atoms. The second-order valence-electron chi connectivity index (χ2n) is 4.89. The lowest BCUT2D eigenvalue weighted by atomic mass is 10.0. The van der Waals surface area contributed by atoms with Gasteiger partial charge in [-0.05, 0) is 36.8 Å². The molecule has 0 aliphatic carbocycles. The average molecular weight is 295 g/mol. The first-order valence-corrected chi connectivity index (χ1v) is 8.26. The van der Waals surface area contributed by atoms with E-state index in [2.05, 4.69) is 30.2 Å². The van der Waals surface area contributed by atoms with Crippen LogP contribution in [0.1, 0.15) is 42.6 Å². The molecule has 0 aromatic heterocycles. The van der Waals surface area contributed by atoms with Crippen molar-refractivity contribution in [3.8, 4) is 0 Å². The summed E-state index contributed by atoms with van der Waals surface area (Å²) in [7, 11) is 1.40. The first-order valence-electron chi connectivity index (χ1n) is 7.04. The Morgan fingerprint density at radius 3 is 2.30 bits per heavy atom. The lowest BCUT2D eigenvalue weighted by Gasteiger charge is -2.30. The number of nitrogens with one attached hydrogen (secondary N) is 1. The van der Waals surface area contributed by atoms with E-state index < -0.39 is 0 Å². The van der Waals surface area contributed by atoms with Gasteiger partial charge in [0.25, 0.3) is 0 Å². The minimum absolute atomic E-state index is 0.289. The first kappa shape index (κ1) is 17.1. The molecule has 1 N–H and O–H groups in total. The number of esters is 1. The van der Waals surface area contributed by atoms with Crippen LogP contribution in [0.2, 0.25) is 0 Å². The fraction of sp³-hybridized carbons (Fsp3) is 0.562. The number of carbonyl (C=O) groups excluding carboxylic acids is 1. The maximum Gasteiger partial charge on any atom is 0.337 e. The molecule has 1 aromatic carbocycles. The molecule has 0 atom stereocenters. The van der Waals surface area contributed by atoms with Gasteiger partial charge < -0.3 is 10.1 Å². The number of thioether (sulfide) groups is 1. The van der Waals surface area contributed by atoms with Gasteiger partial charge in [-0.15, -0.1) is 0 Å². The molecule has 0 unspecified atom stereocenters. The minimum atomic E-state index is -0.289. The van der Waals surface area contributed by atoms with Gasteiger partial charge in [-0.2, -0.15) is 11.8 Å².